The number of piperidine rings is 1. The third-order valence-electron chi connectivity index (χ3n) is 7.65. The van der Waals surface area contributed by atoms with Crippen molar-refractivity contribution in [1.29, 1.82) is 0 Å². The Bertz CT molecular complexity index is 1220. The zero-order chi connectivity index (χ0) is 25.5. The lowest BCUT2D eigenvalue weighted by Gasteiger charge is -2.37. The first kappa shape index (κ1) is 25.2. The molecule has 0 bridgehead atoms. The van der Waals surface area contributed by atoms with Gasteiger partial charge in [0.15, 0.2) is 5.79 Å². The van der Waals surface area contributed by atoms with Crippen LogP contribution in [0, 0.1) is 13.8 Å². The maximum Gasteiger partial charge on any atom is 0.263 e. The molecule has 1 aromatic heterocycles. The van der Waals surface area contributed by atoms with Crippen LogP contribution < -0.4 is 4.90 Å². The summed E-state index contributed by atoms with van der Waals surface area (Å²) in [5, 5.41) is 4.19. The van der Waals surface area contributed by atoms with Crippen LogP contribution in [-0.2, 0) is 26.0 Å². The van der Waals surface area contributed by atoms with Crippen molar-refractivity contribution in [3.05, 3.63) is 41.1 Å². The fraction of sp³-hybridized carbons (Fsp3) is 0.600. The molecule has 4 heterocycles. The van der Waals surface area contributed by atoms with Crippen LogP contribution in [0.2, 0.25) is 0 Å². The molecule has 3 saturated heterocycles. The zero-order valence-corrected chi connectivity index (χ0v) is 22.1. The Morgan fingerprint density at radius 2 is 1.69 bits per heavy atom. The van der Waals surface area contributed by atoms with E-state index >= 15 is 0 Å². The van der Waals surface area contributed by atoms with E-state index in [1.54, 1.807) is 11.1 Å². The quantitative estimate of drug-likeness (QED) is 0.599. The SMILES string of the molecule is CCn1cc(C(=O)N2CCC3(CC2)OCCO3)c(S(=O)(=O)N2CCN(c3cccc(C)c3C)CC2)n1. The fourth-order valence-corrected chi connectivity index (χ4v) is 6.79. The number of benzene rings is 1. The Morgan fingerprint density at radius 3 is 2.33 bits per heavy atom. The van der Waals surface area contributed by atoms with Gasteiger partial charge in [0.1, 0.15) is 0 Å². The lowest BCUT2D eigenvalue weighted by Crippen LogP contribution is -2.49. The second kappa shape index (κ2) is 9.77. The van der Waals surface area contributed by atoms with Crippen LogP contribution in [-0.4, -0.2) is 91.6 Å². The number of sulfonamides is 1. The summed E-state index contributed by atoms with van der Waals surface area (Å²) >= 11 is 0. The van der Waals surface area contributed by atoms with E-state index < -0.39 is 15.8 Å². The number of piperazine rings is 1. The number of ether oxygens (including phenoxy) is 2. The molecular formula is C25H35N5O5S. The molecule has 11 heteroatoms. The molecule has 0 N–H and O–H groups in total. The summed E-state index contributed by atoms with van der Waals surface area (Å²) in [5.41, 5.74) is 3.69. The minimum atomic E-state index is -3.93. The van der Waals surface area contributed by atoms with Gasteiger partial charge < -0.3 is 19.3 Å². The Hall–Kier alpha value is -2.47. The lowest BCUT2D eigenvalue weighted by molar-refractivity contribution is -0.181. The maximum atomic E-state index is 13.7. The van der Waals surface area contributed by atoms with Crippen LogP contribution in [0.15, 0.2) is 29.4 Å². The van der Waals surface area contributed by atoms with E-state index in [-0.39, 0.29) is 16.5 Å². The van der Waals surface area contributed by atoms with E-state index in [0.717, 1.165) is 5.69 Å². The normalized spacial score (nSPS) is 20.9. The first-order valence-electron chi connectivity index (χ1n) is 12.7. The van der Waals surface area contributed by atoms with Crippen LogP contribution in [0.25, 0.3) is 0 Å². The number of anilines is 1. The highest BCUT2D eigenvalue weighted by Crippen LogP contribution is 2.33. The van der Waals surface area contributed by atoms with Crippen molar-refractivity contribution >= 4 is 21.6 Å². The summed E-state index contributed by atoms with van der Waals surface area (Å²) in [6.07, 6.45) is 2.71. The molecule has 0 atom stereocenters. The number of hydrogen-bond donors (Lipinski definition) is 0. The Balaban J connectivity index is 1.33. The molecule has 3 aliphatic rings. The zero-order valence-electron chi connectivity index (χ0n) is 21.3. The molecule has 0 saturated carbocycles. The topological polar surface area (TPSA) is 97.2 Å². The minimum Gasteiger partial charge on any atom is -0.369 e. The molecule has 3 aliphatic heterocycles. The van der Waals surface area contributed by atoms with Crippen molar-refractivity contribution in [2.45, 2.75) is 51.0 Å². The summed E-state index contributed by atoms with van der Waals surface area (Å²) in [6, 6.07) is 6.19. The first-order valence-corrected chi connectivity index (χ1v) is 14.1. The highest BCUT2D eigenvalue weighted by atomic mass is 32.2. The number of nitrogens with zero attached hydrogens (tertiary/aromatic N) is 5. The van der Waals surface area contributed by atoms with Crippen LogP contribution in [0.1, 0.15) is 41.3 Å². The summed E-state index contributed by atoms with van der Waals surface area (Å²) < 4.78 is 41.9. The average molecular weight is 518 g/mol. The number of carbonyl (C=O) groups excluding carboxylic acids is 1. The summed E-state index contributed by atoms with van der Waals surface area (Å²) in [7, 11) is -3.93. The van der Waals surface area contributed by atoms with E-state index in [4.69, 9.17) is 9.47 Å². The van der Waals surface area contributed by atoms with Crippen LogP contribution in [0.3, 0.4) is 0 Å². The molecule has 196 valence electrons. The third-order valence-corrected chi connectivity index (χ3v) is 9.48. The Morgan fingerprint density at radius 1 is 1.03 bits per heavy atom. The largest absolute Gasteiger partial charge is 0.369 e. The van der Waals surface area contributed by atoms with E-state index in [1.165, 1.54) is 20.1 Å². The predicted molar refractivity (Wildman–Crippen MR) is 135 cm³/mol. The second-order valence-electron chi connectivity index (χ2n) is 9.71. The fourth-order valence-electron chi connectivity index (χ4n) is 5.28. The second-order valence-corrected chi connectivity index (χ2v) is 11.6. The van der Waals surface area contributed by atoms with Gasteiger partial charge in [-0.25, -0.2) is 8.42 Å². The number of aryl methyl sites for hydroxylation is 2. The molecule has 36 heavy (non-hydrogen) atoms. The van der Waals surface area contributed by atoms with Gasteiger partial charge in [-0.2, -0.15) is 9.40 Å². The molecule has 0 unspecified atom stereocenters. The predicted octanol–water partition coefficient (Wildman–Crippen LogP) is 2.01. The molecule has 0 aliphatic carbocycles. The average Bonchev–Trinajstić information content (AvgIpc) is 3.54. The van der Waals surface area contributed by atoms with Gasteiger partial charge >= 0.3 is 0 Å². The summed E-state index contributed by atoms with van der Waals surface area (Å²) in [5.74, 6) is -0.913. The smallest absolute Gasteiger partial charge is 0.263 e. The molecular weight excluding hydrogens is 482 g/mol. The molecule has 2 aromatic rings. The van der Waals surface area contributed by atoms with Crippen molar-refractivity contribution in [3.8, 4) is 0 Å². The van der Waals surface area contributed by atoms with Gasteiger partial charge in [-0.05, 0) is 38.0 Å². The van der Waals surface area contributed by atoms with Crippen molar-refractivity contribution in [2.75, 3.05) is 57.4 Å². The summed E-state index contributed by atoms with van der Waals surface area (Å²) in [4.78, 5) is 17.4. The third kappa shape index (κ3) is 4.53. The van der Waals surface area contributed by atoms with Gasteiger partial charge in [-0.1, -0.05) is 12.1 Å². The van der Waals surface area contributed by atoms with E-state index in [1.807, 2.05) is 13.0 Å². The first-order chi connectivity index (χ1) is 17.2. The van der Waals surface area contributed by atoms with Gasteiger partial charge in [0, 0.05) is 70.5 Å². The molecule has 5 rings (SSSR count). The lowest BCUT2D eigenvalue weighted by atomic mass is 10.0. The van der Waals surface area contributed by atoms with Gasteiger partial charge in [0.05, 0.1) is 18.8 Å². The van der Waals surface area contributed by atoms with Crippen LogP contribution >= 0.6 is 0 Å². The van der Waals surface area contributed by atoms with Gasteiger partial charge in [-0.3, -0.25) is 9.48 Å². The highest BCUT2D eigenvalue weighted by Gasteiger charge is 2.42. The minimum absolute atomic E-state index is 0.137. The number of rotatable bonds is 5. The number of likely N-dealkylation sites (tertiary alicyclic amines) is 1. The number of carbonyl (C=O) groups is 1. The van der Waals surface area contributed by atoms with Crippen LogP contribution in [0.5, 0.6) is 0 Å². The number of hydrogen-bond acceptors (Lipinski definition) is 7. The molecule has 1 spiro atoms. The highest BCUT2D eigenvalue weighted by molar-refractivity contribution is 7.89. The van der Waals surface area contributed by atoms with Crippen molar-refractivity contribution in [2.24, 2.45) is 0 Å². The number of amides is 1. The monoisotopic (exact) mass is 517 g/mol. The molecule has 10 nitrogen and oxygen atoms in total. The maximum absolute atomic E-state index is 13.7. The van der Waals surface area contributed by atoms with Crippen molar-refractivity contribution in [3.63, 3.8) is 0 Å². The molecule has 1 amide bonds. The van der Waals surface area contributed by atoms with Crippen molar-refractivity contribution in [1.82, 2.24) is 19.0 Å². The van der Waals surface area contributed by atoms with E-state index in [0.29, 0.717) is 71.9 Å². The summed E-state index contributed by atoms with van der Waals surface area (Å²) in [6.45, 7) is 10.4. The van der Waals surface area contributed by atoms with Crippen molar-refractivity contribution < 1.29 is 22.7 Å². The Kier molecular flexibility index (Phi) is 6.84. The standard InChI is InChI=1S/C25H35N5O5S/c1-4-29-18-21(24(31)28-10-8-25(9-11-28)34-16-17-35-25)23(26-29)36(32,33)30-14-12-27(13-15-30)22-7-5-6-19(2)20(22)3/h5-7,18H,4,8-17H2,1-3H3. The van der Waals surface area contributed by atoms with Gasteiger partial charge in [0.25, 0.3) is 15.9 Å². The van der Waals surface area contributed by atoms with Crippen LogP contribution in [0.4, 0.5) is 5.69 Å². The Labute approximate surface area is 212 Å². The molecule has 3 fully saturated rings. The molecule has 1 aromatic carbocycles. The number of aromatic nitrogens is 2. The van der Waals surface area contributed by atoms with Gasteiger partial charge in [0.2, 0.25) is 5.03 Å². The van der Waals surface area contributed by atoms with E-state index in [2.05, 4.69) is 36.0 Å². The van der Waals surface area contributed by atoms with Gasteiger partial charge in [-0.15, -0.1) is 0 Å². The van der Waals surface area contributed by atoms with E-state index in [9.17, 15) is 13.2 Å². The molecule has 0 radical (unpaired) electrons.